The molecule has 0 aliphatic carbocycles. The average Bonchev–Trinajstić information content (AvgIpc) is 3.10. The molecule has 0 unspecified atom stereocenters. The molecule has 0 N–H and O–H groups in total. The van der Waals surface area contributed by atoms with Crippen LogP contribution < -0.4 is 0 Å². The van der Waals surface area contributed by atoms with Gasteiger partial charge in [0.25, 0.3) is 5.91 Å². The highest BCUT2D eigenvalue weighted by Crippen LogP contribution is 2.31. The van der Waals surface area contributed by atoms with E-state index < -0.39 is 5.91 Å². The largest absolute Gasteiger partial charge is 0.341 e. The summed E-state index contributed by atoms with van der Waals surface area (Å²) in [5, 5.41) is 10.0. The monoisotopic (exact) mass is 421 g/mol. The fraction of sp³-hybridized carbons (Fsp3) is 0.0870. The minimum Gasteiger partial charge on any atom is -0.341 e. The Morgan fingerprint density at radius 3 is 2.45 bits per heavy atom. The molecule has 0 aliphatic heterocycles. The van der Waals surface area contributed by atoms with Crippen LogP contribution in [0.25, 0.3) is 22.2 Å². The van der Waals surface area contributed by atoms with Crippen LogP contribution in [-0.2, 0) is 6.54 Å². The standard InChI is InChI=1S/C23H17Cl2N3O/c1-2-28-21-12-11-18(26-27-23(29)19-5-3-4-6-20(19)25)13-16(21)14-22(28)15-7-9-17(24)10-8-15/h3-14H,2H2,1H3. The first kappa shape index (κ1) is 19.4. The lowest BCUT2D eigenvalue weighted by atomic mass is 10.1. The number of aromatic nitrogens is 1. The van der Waals surface area contributed by atoms with Crippen molar-refractivity contribution in [2.75, 3.05) is 0 Å². The summed E-state index contributed by atoms with van der Waals surface area (Å²) in [4.78, 5) is 12.3. The zero-order valence-electron chi connectivity index (χ0n) is 15.6. The minimum atomic E-state index is -0.469. The molecular weight excluding hydrogens is 405 g/mol. The highest BCUT2D eigenvalue weighted by Gasteiger charge is 2.11. The fourth-order valence-corrected chi connectivity index (χ4v) is 3.66. The Kier molecular flexibility index (Phi) is 5.47. The Bertz CT molecular complexity index is 1230. The highest BCUT2D eigenvalue weighted by atomic mass is 35.5. The highest BCUT2D eigenvalue weighted by molar-refractivity contribution is 6.33. The summed E-state index contributed by atoms with van der Waals surface area (Å²) in [6, 6.07) is 22.4. The van der Waals surface area contributed by atoms with Crippen molar-refractivity contribution in [3.63, 3.8) is 0 Å². The maximum Gasteiger partial charge on any atom is 0.296 e. The first-order valence-corrected chi connectivity index (χ1v) is 9.92. The second-order valence-corrected chi connectivity index (χ2v) is 7.35. The van der Waals surface area contributed by atoms with Gasteiger partial charge in [0, 0.05) is 28.2 Å². The Morgan fingerprint density at radius 1 is 0.966 bits per heavy atom. The SMILES string of the molecule is CCn1c(-c2ccc(Cl)cc2)cc2cc(N=NC(=O)c3ccccc3Cl)ccc21. The Labute approximate surface area is 178 Å². The zero-order chi connectivity index (χ0) is 20.4. The van der Waals surface area contributed by atoms with Crippen LogP contribution in [0.5, 0.6) is 0 Å². The Balaban J connectivity index is 1.68. The lowest BCUT2D eigenvalue weighted by Crippen LogP contribution is -1.96. The number of rotatable bonds is 4. The lowest BCUT2D eigenvalue weighted by molar-refractivity contribution is 0.0995. The lowest BCUT2D eigenvalue weighted by Gasteiger charge is -2.08. The summed E-state index contributed by atoms with van der Waals surface area (Å²) >= 11 is 12.1. The topological polar surface area (TPSA) is 46.7 Å². The molecule has 0 spiro atoms. The molecule has 4 aromatic rings. The first-order valence-electron chi connectivity index (χ1n) is 9.16. The van der Waals surface area contributed by atoms with Gasteiger partial charge >= 0.3 is 0 Å². The van der Waals surface area contributed by atoms with Crippen LogP contribution in [0.2, 0.25) is 10.0 Å². The van der Waals surface area contributed by atoms with Gasteiger partial charge in [-0.3, -0.25) is 4.79 Å². The summed E-state index contributed by atoms with van der Waals surface area (Å²) < 4.78 is 2.23. The minimum absolute atomic E-state index is 0.334. The normalized spacial score (nSPS) is 11.4. The van der Waals surface area contributed by atoms with E-state index in [1.54, 1.807) is 24.3 Å². The molecule has 0 saturated carbocycles. The number of nitrogens with zero attached hydrogens (tertiary/aromatic N) is 3. The molecular formula is C23H17Cl2N3O. The van der Waals surface area contributed by atoms with Gasteiger partial charge in [-0.2, -0.15) is 0 Å². The number of aryl methyl sites for hydroxylation is 1. The van der Waals surface area contributed by atoms with Gasteiger partial charge in [0.2, 0.25) is 0 Å². The van der Waals surface area contributed by atoms with Gasteiger partial charge in [-0.15, -0.1) is 10.2 Å². The zero-order valence-corrected chi connectivity index (χ0v) is 17.2. The van der Waals surface area contributed by atoms with Crippen LogP contribution in [-0.4, -0.2) is 10.5 Å². The molecule has 0 atom stereocenters. The van der Waals surface area contributed by atoms with Crippen LogP contribution in [0, 0.1) is 0 Å². The Hall–Kier alpha value is -2.95. The summed E-state index contributed by atoms with van der Waals surface area (Å²) in [6.45, 7) is 2.93. The van der Waals surface area contributed by atoms with Gasteiger partial charge in [0.05, 0.1) is 16.3 Å². The number of benzene rings is 3. The van der Waals surface area contributed by atoms with E-state index in [-0.39, 0.29) is 0 Å². The molecule has 3 aromatic carbocycles. The summed E-state index contributed by atoms with van der Waals surface area (Å²) in [5.74, 6) is -0.469. The molecule has 1 aromatic heterocycles. The van der Waals surface area contributed by atoms with E-state index in [9.17, 15) is 4.79 Å². The summed E-state index contributed by atoms with van der Waals surface area (Å²) in [7, 11) is 0. The summed E-state index contributed by atoms with van der Waals surface area (Å²) in [5.41, 5.74) is 4.22. The van der Waals surface area contributed by atoms with Gasteiger partial charge in [0.1, 0.15) is 0 Å². The van der Waals surface area contributed by atoms with Gasteiger partial charge in [-0.05, 0) is 61.0 Å². The quantitative estimate of drug-likeness (QED) is 0.313. The van der Waals surface area contributed by atoms with Gasteiger partial charge in [0.15, 0.2) is 0 Å². The number of hydrogen-bond acceptors (Lipinski definition) is 2. The van der Waals surface area contributed by atoms with Crippen LogP contribution in [0.1, 0.15) is 17.3 Å². The van der Waals surface area contributed by atoms with E-state index in [4.69, 9.17) is 23.2 Å². The fourth-order valence-electron chi connectivity index (χ4n) is 3.31. The number of carbonyl (C=O) groups excluding carboxylic acids is 1. The maximum absolute atomic E-state index is 12.3. The molecule has 29 heavy (non-hydrogen) atoms. The number of hydrogen-bond donors (Lipinski definition) is 0. The second kappa shape index (κ2) is 8.19. The maximum atomic E-state index is 12.3. The van der Waals surface area contributed by atoms with Crippen molar-refractivity contribution in [1.29, 1.82) is 0 Å². The average molecular weight is 422 g/mol. The Morgan fingerprint density at radius 2 is 1.72 bits per heavy atom. The molecule has 0 bridgehead atoms. The van der Waals surface area contributed by atoms with Crippen molar-refractivity contribution in [2.45, 2.75) is 13.5 Å². The molecule has 1 amide bonds. The summed E-state index contributed by atoms with van der Waals surface area (Å²) in [6.07, 6.45) is 0. The molecule has 6 heteroatoms. The molecule has 0 radical (unpaired) electrons. The van der Waals surface area contributed by atoms with Crippen LogP contribution >= 0.6 is 23.2 Å². The van der Waals surface area contributed by atoms with Gasteiger partial charge in [-0.25, -0.2) is 0 Å². The van der Waals surface area contributed by atoms with Crippen molar-refractivity contribution < 1.29 is 4.79 Å². The second-order valence-electron chi connectivity index (χ2n) is 6.51. The third-order valence-electron chi connectivity index (χ3n) is 4.70. The van der Waals surface area contributed by atoms with Crippen molar-refractivity contribution in [3.8, 4) is 11.3 Å². The predicted molar refractivity (Wildman–Crippen MR) is 118 cm³/mol. The van der Waals surface area contributed by atoms with Gasteiger partial charge < -0.3 is 4.57 Å². The van der Waals surface area contributed by atoms with E-state index in [0.717, 1.165) is 28.7 Å². The van der Waals surface area contributed by atoms with Gasteiger partial charge in [-0.1, -0.05) is 47.5 Å². The van der Waals surface area contributed by atoms with Crippen LogP contribution in [0.3, 0.4) is 0 Å². The van der Waals surface area contributed by atoms with Crippen molar-refractivity contribution >= 4 is 45.7 Å². The molecule has 4 rings (SSSR count). The smallest absolute Gasteiger partial charge is 0.296 e. The van der Waals surface area contributed by atoms with Crippen LogP contribution in [0.15, 0.2) is 83.0 Å². The number of amides is 1. The molecule has 1 heterocycles. The molecule has 0 aliphatic rings. The molecule has 0 saturated heterocycles. The third-order valence-corrected chi connectivity index (χ3v) is 5.28. The third kappa shape index (κ3) is 3.95. The number of carbonyl (C=O) groups is 1. The van der Waals surface area contributed by atoms with Crippen molar-refractivity contribution in [2.24, 2.45) is 10.2 Å². The van der Waals surface area contributed by atoms with E-state index in [0.29, 0.717) is 21.3 Å². The van der Waals surface area contributed by atoms with E-state index >= 15 is 0 Å². The molecule has 144 valence electrons. The predicted octanol–water partition coefficient (Wildman–Crippen LogP) is 7.56. The van der Waals surface area contributed by atoms with Crippen LogP contribution in [0.4, 0.5) is 5.69 Å². The number of fused-ring (bicyclic) bond motifs is 1. The molecule has 0 fully saturated rings. The number of halogens is 2. The van der Waals surface area contributed by atoms with E-state index in [1.807, 2.05) is 42.5 Å². The van der Waals surface area contributed by atoms with E-state index in [2.05, 4.69) is 27.8 Å². The van der Waals surface area contributed by atoms with Crippen molar-refractivity contribution in [1.82, 2.24) is 4.57 Å². The number of azo groups is 1. The molecule has 4 nitrogen and oxygen atoms in total. The first-order chi connectivity index (χ1) is 14.1. The van der Waals surface area contributed by atoms with E-state index in [1.165, 1.54) is 0 Å². The van der Waals surface area contributed by atoms with Crippen molar-refractivity contribution in [3.05, 3.63) is 88.4 Å².